The summed E-state index contributed by atoms with van der Waals surface area (Å²) in [6, 6.07) is 7.36. The van der Waals surface area contributed by atoms with Gasteiger partial charge < -0.3 is 22.1 Å². The quantitative estimate of drug-likeness (QED) is 0.0767. The van der Waals surface area contributed by atoms with E-state index in [0.29, 0.717) is 26.4 Å². The van der Waals surface area contributed by atoms with Crippen molar-refractivity contribution in [3.8, 4) is 0 Å². The van der Waals surface area contributed by atoms with Crippen molar-refractivity contribution in [3.63, 3.8) is 0 Å². The zero-order chi connectivity index (χ0) is 31.1. The minimum atomic E-state index is -0.443. The molecule has 4 aromatic heterocycles. The molecule has 4 aromatic rings. The summed E-state index contributed by atoms with van der Waals surface area (Å²) in [7, 11) is 0. The highest BCUT2D eigenvalue weighted by Gasteiger charge is 2.24. The lowest BCUT2D eigenvalue weighted by Crippen LogP contribution is -2.14. The van der Waals surface area contributed by atoms with Crippen LogP contribution in [0, 0.1) is 0 Å². The SMILES string of the molecule is CCCCCCSc1nsc(Nc2ccncc2)c1C(N)=O.NC(=O)c1c(SC2CCCCC2)nsc1Nc1ccncc1. The minimum absolute atomic E-state index is 0.427. The van der Waals surface area contributed by atoms with Gasteiger partial charge in [-0.05, 0) is 72.3 Å². The first-order chi connectivity index (χ1) is 21.5. The van der Waals surface area contributed by atoms with Crippen LogP contribution in [-0.4, -0.2) is 41.5 Å². The van der Waals surface area contributed by atoms with Gasteiger partial charge in [0.25, 0.3) is 11.8 Å². The molecule has 10 nitrogen and oxygen atoms in total. The zero-order valence-corrected chi connectivity index (χ0v) is 27.9. The lowest BCUT2D eigenvalue weighted by Gasteiger charge is -2.20. The second kappa shape index (κ2) is 17.9. The van der Waals surface area contributed by atoms with Crippen molar-refractivity contribution in [1.82, 2.24) is 18.7 Å². The number of amides is 2. The van der Waals surface area contributed by atoms with Crippen molar-refractivity contribution >= 4 is 79.8 Å². The number of aromatic nitrogens is 4. The molecule has 0 radical (unpaired) electrons. The maximum absolute atomic E-state index is 11.9. The number of nitrogens with zero attached hydrogens (tertiary/aromatic N) is 4. The number of primary amides is 2. The molecule has 0 saturated heterocycles. The number of pyridine rings is 2. The van der Waals surface area contributed by atoms with E-state index in [9.17, 15) is 9.59 Å². The molecule has 0 unspecified atom stereocenters. The standard InChI is InChI=1S/C15H18N4OS2.C15H20N4OS2/c16-13(20)12-14(18-10-6-8-17-9-7-10)22-19-15(12)21-11-4-2-1-3-5-11;1-2-3-4-5-10-21-15-12(13(16)20)14(22-19-15)18-11-6-8-17-9-7-11/h6-9,11H,1-5H2,(H2,16,20)(H,17,18);6-9H,2-5,10H2,1H3,(H2,16,20)(H,17,18). The third kappa shape index (κ3) is 10.2. The summed E-state index contributed by atoms with van der Waals surface area (Å²) < 4.78 is 8.83. The number of unbranched alkanes of at least 4 members (excludes halogenated alkanes) is 3. The molecule has 4 heterocycles. The second-order valence-electron chi connectivity index (χ2n) is 10.1. The molecule has 0 aliphatic heterocycles. The van der Waals surface area contributed by atoms with Gasteiger partial charge in [0.1, 0.15) is 31.2 Å². The Morgan fingerprint density at radius 2 is 1.32 bits per heavy atom. The van der Waals surface area contributed by atoms with E-state index in [1.165, 1.54) is 74.4 Å². The van der Waals surface area contributed by atoms with Gasteiger partial charge in [-0.2, -0.15) is 8.75 Å². The largest absolute Gasteiger partial charge is 0.365 e. The first-order valence-corrected chi connectivity index (χ1v) is 18.1. The predicted molar refractivity (Wildman–Crippen MR) is 184 cm³/mol. The van der Waals surface area contributed by atoms with Gasteiger partial charge in [-0.15, -0.1) is 23.5 Å². The molecule has 0 bridgehead atoms. The lowest BCUT2D eigenvalue weighted by molar-refractivity contribution is 0.0990. The Bertz CT molecular complexity index is 1460. The topological polar surface area (TPSA) is 162 Å². The van der Waals surface area contributed by atoms with E-state index < -0.39 is 11.8 Å². The monoisotopic (exact) mass is 670 g/mol. The van der Waals surface area contributed by atoms with Gasteiger partial charge in [-0.25, -0.2) is 0 Å². The second-order valence-corrected chi connectivity index (χ2v) is 14.0. The number of carbonyl (C=O) groups is 2. The number of anilines is 4. The van der Waals surface area contributed by atoms with Crippen LogP contribution in [0.1, 0.15) is 85.4 Å². The van der Waals surface area contributed by atoms with Gasteiger partial charge in [-0.1, -0.05) is 45.4 Å². The number of nitrogens with two attached hydrogens (primary N) is 2. The van der Waals surface area contributed by atoms with Crippen molar-refractivity contribution < 1.29 is 9.59 Å². The van der Waals surface area contributed by atoms with E-state index in [0.717, 1.165) is 33.6 Å². The summed E-state index contributed by atoms with van der Waals surface area (Å²) in [5, 5.41) is 9.83. The third-order valence-corrected chi connectivity index (χ3v) is 10.9. The summed E-state index contributed by atoms with van der Waals surface area (Å²) in [4.78, 5) is 31.6. The molecule has 5 rings (SSSR count). The van der Waals surface area contributed by atoms with Crippen molar-refractivity contribution in [1.29, 1.82) is 0 Å². The van der Waals surface area contributed by atoms with E-state index in [2.05, 4.69) is 36.3 Å². The number of nitrogens with one attached hydrogen (secondary N) is 2. The highest BCUT2D eigenvalue weighted by atomic mass is 32.2. The van der Waals surface area contributed by atoms with Crippen molar-refractivity contribution in [2.75, 3.05) is 16.4 Å². The highest BCUT2D eigenvalue weighted by molar-refractivity contribution is 8.00. The molecule has 1 aliphatic rings. The smallest absolute Gasteiger partial charge is 0.254 e. The fourth-order valence-corrected chi connectivity index (χ4v) is 8.77. The number of thioether (sulfide) groups is 2. The van der Waals surface area contributed by atoms with Gasteiger partial charge in [0.05, 0.1) is 0 Å². The molecule has 44 heavy (non-hydrogen) atoms. The molecule has 6 N–H and O–H groups in total. The van der Waals surface area contributed by atoms with Gasteiger partial charge >= 0.3 is 0 Å². The van der Waals surface area contributed by atoms with Crippen molar-refractivity contribution in [2.45, 2.75) is 80.0 Å². The Hall–Kier alpha value is -3.20. The number of rotatable bonds is 14. The van der Waals surface area contributed by atoms with Crippen LogP contribution in [0.2, 0.25) is 0 Å². The Labute approximate surface area is 275 Å². The number of hydrogen-bond acceptors (Lipinski definition) is 12. The molecule has 14 heteroatoms. The summed E-state index contributed by atoms with van der Waals surface area (Å²) in [6.07, 6.45) is 17.8. The van der Waals surface area contributed by atoms with E-state index in [4.69, 9.17) is 11.5 Å². The highest BCUT2D eigenvalue weighted by Crippen LogP contribution is 2.39. The van der Waals surface area contributed by atoms with Crippen molar-refractivity contribution in [2.24, 2.45) is 11.5 Å². The molecule has 0 aromatic carbocycles. The maximum Gasteiger partial charge on any atom is 0.254 e. The van der Waals surface area contributed by atoms with Crippen LogP contribution in [0.5, 0.6) is 0 Å². The van der Waals surface area contributed by atoms with E-state index in [1.807, 2.05) is 24.3 Å². The minimum Gasteiger partial charge on any atom is -0.365 e. The zero-order valence-electron chi connectivity index (χ0n) is 24.7. The van der Waals surface area contributed by atoms with Crippen LogP contribution in [0.4, 0.5) is 21.4 Å². The van der Waals surface area contributed by atoms with Crippen LogP contribution >= 0.6 is 46.6 Å². The average molecular weight is 671 g/mol. The molecule has 2 amide bonds. The molecular formula is C30H38N8O2S4. The Kier molecular flexibility index (Phi) is 13.7. The fraction of sp³-hybridized carbons (Fsp3) is 0.400. The number of carbonyl (C=O) groups excluding carboxylic acids is 2. The average Bonchev–Trinajstić information content (AvgIpc) is 3.62. The molecular weight excluding hydrogens is 633 g/mol. The first kappa shape index (κ1) is 33.7. The first-order valence-electron chi connectivity index (χ1n) is 14.7. The van der Waals surface area contributed by atoms with Gasteiger partial charge in [0, 0.05) is 41.4 Å². The lowest BCUT2D eigenvalue weighted by atomic mass is 10.0. The molecule has 0 atom stereocenters. The summed E-state index contributed by atoms with van der Waals surface area (Å²) in [6.45, 7) is 2.19. The normalized spacial score (nSPS) is 13.1. The van der Waals surface area contributed by atoms with Crippen LogP contribution in [0.25, 0.3) is 0 Å². The molecule has 1 fully saturated rings. The van der Waals surface area contributed by atoms with Crippen LogP contribution in [0.15, 0.2) is 59.1 Å². The van der Waals surface area contributed by atoms with E-state index >= 15 is 0 Å². The van der Waals surface area contributed by atoms with Crippen molar-refractivity contribution in [3.05, 3.63) is 60.2 Å². The summed E-state index contributed by atoms with van der Waals surface area (Å²) in [5.74, 6) is 0.0867. The molecule has 1 saturated carbocycles. The molecule has 1 aliphatic carbocycles. The Morgan fingerprint density at radius 1 is 0.795 bits per heavy atom. The predicted octanol–water partition coefficient (Wildman–Crippen LogP) is 7.86. The van der Waals surface area contributed by atoms with E-state index in [1.54, 1.807) is 48.3 Å². The number of hydrogen-bond donors (Lipinski definition) is 4. The fourth-order valence-electron chi connectivity index (χ4n) is 4.51. The third-order valence-electron chi connectivity index (χ3n) is 6.76. The summed E-state index contributed by atoms with van der Waals surface area (Å²) in [5.41, 5.74) is 13.8. The Balaban J connectivity index is 0.000000201. The maximum atomic E-state index is 11.9. The van der Waals surface area contributed by atoms with Crippen LogP contribution < -0.4 is 22.1 Å². The van der Waals surface area contributed by atoms with Crippen LogP contribution in [-0.2, 0) is 0 Å². The Morgan fingerprint density at radius 3 is 1.84 bits per heavy atom. The van der Waals surface area contributed by atoms with Crippen LogP contribution in [0.3, 0.4) is 0 Å². The van der Waals surface area contributed by atoms with Gasteiger partial charge in [-0.3, -0.25) is 19.6 Å². The molecule has 0 spiro atoms. The molecule has 234 valence electrons. The van der Waals surface area contributed by atoms with E-state index in [-0.39, 0.29) is 0 Å². The van der Waals surface area contributed by atoms with Gasteiger partial charge in [0.15, 0.2) is 0 Å². The summed E-state index contributed by atoms with van der Waals surface area (Å²) >= 11 is 5.85. The van der Waals surface area contributed by atoms with Gasteiger partial charge in [0.2, 0.25) is 0 Å².